The molecule has 3 nitrogen and oxygen atoms in total. The van der Waals surface area contributed by atoms with Crippen molar-refractivity contribution in [2.24, 2.45) is 0 Å². The lowest BCUT2D eigenvalue weighted by atomic mass is 10.2. The first-order valence-electron chi connectivity index (χ1n) is 5.40. The Kier molecular flexibility index (Phi) is 4.09. The van der Waals surface area contributed by atoms with Crippen LogP contribution in [0.5, 0.6) is 0 Å². The van der Waals surface area contributed by atoms with Gasteiger partial charge in [0, 0.05) is 24.3 Å². The van der Waals surface area contributed by atoms with Crippen LogP contribution >= 0.6 is 27.5 Å². The number of carbonyl (C=O) groups excluding carboxylic acids is 1. The van der Waals surface area contributed by atoms with E-state index in [9.17, 15) is 4.79 Å². The second-order valence-corrected chi connectivity index (χ2v) is 5.27. The number of halogens is 2. The predicted molar refractivity (Wildman–Crippen MR) is 75.7 cm³/mol. The van der Waals surface area contributed by atoms with E-state index in [-0.39, 0.29) is 5.91 Å². The summed E-state index contributed by atoms with van der Waals surface area (Å²) in [4.78, 5) is 16.6. The molecule has 18 heavy (non-hydrogen) atoms. The molecule has 5 heteroatoms. The fourth-order valence-corrected chi connectivity index (χ4v) is 2.22. The highest BCUT2D eigenvalue weighted by Crippen LogP contribution is 2.18. The average Bonchev–Trinajstić information content (AvgIpc) is 2.78. The summed E-state index contributed by atoms with van der Waals surface area (Å²) in [6.07, 6.45) is 1.60. The number of nitrogens with zero attached hydrogens (tertiary/aromatic N) is 1. The second kappa shape index (κ2) is 5.59. The molecule has 1 N–H and O–H groups in total. The minimum atomic E-state index is -0.0855. The van der Waals surface area contributed by atoms with Gasteiger partial charge in [0.2, 0.25) is 0 Å². The van der Waals surface area contributed by atoms with Crippen molar-refractivity contribution in [2.75, 3.05) is 7.05 Å². The average molecular weight is 328 g/mol. The van der Waals surface area contributed by atoms with Gasteiger partial charge in [0.05, 0.1) is 5.02 Å². The Labute approximate surface area is 119 Å². The van der Waals surface area contributed by atoms with Crippen LogP contribution < -0.4 is 0 Å². The van der Waals surface area contributed by atoms with Gasteiger partial charge in [0.1, 0.15) is 5.69 Å². The summed E-state index contributed by atoms with van der Waals surface area (Å²) in [5, 5.41) is 0.535. The predicted octanol–water partition coefficient (Wildman–Crippen LogP) is 3.70. The van der Waals surface area contributed by atoms with Crippen LogP contribution in [0.15, 0.2) is 41.0 Å². The highest BCUT2D eigenvalue weighted by molar-refractivity contribution is 9.10. The molecular weight excluding hydrogens is 316 g/mol. The Morgan fingerprint density at radius 1 is 1.44 bits per heavy atom. The molecule has 0 aliphatic carbocycles. The van der Waals surface area contributed by atoms with Crippen molar-refractivity contribution >= 4 is 33.4 Å². The second-order valence-electron chi connectivity index (χ2n) is 3.98. The van der Waals surface area contributed by atoms with Crippen LogP contribution in [-0.2, 0) is 6.54 Å². The van der Waals surface area contributed by atoms with Gasteiger partial charge in [0.15, 0.2) is 0 Å². The molecule has 1 aromatic heterocycles. The molecule has 0 bridgehead atoms. The summed E-state index contributed by atoms with van der Waals surface area (Å²) >= 11 is 9.25. The van der Waals surface area contributed by atoms with Crippen molar-refractivity contribution in [3.05, 3.63) is 57.3 Å². The smallest absolute Gasteiger partial charge is 0.270 e. The van der Waals surface area contributed by atoms with E-state index in [2.05, 4.69) is 20.9 Å². The fraction of sp³-hybridized carbons (Fsp3) is 0.154. The first kappa shape index (κ1) is 13.2. The number of nitrogens with one attached hydrogen (secondary N) is 1. The standard InChI is InChI=1S/C13H12BrClN2O/c1-17(8-9-4-2-3-5-11(9)14)13(18)12-6-10(15)7-16-12/h2-7,16H,8H2,1H3. The van der Waals surface area contributed by atoms with Crippen molar-refractivity contribution in [1.82, 2.24) is 9.88 Å². The summed E-state index contributed by atoms with van der Waals surface area (Å²) in [7, 11) is 1.76. The zero-order chi connectivity index (χ0) is 13.1. The largest absolute Gasteiger partial charge is 0.356 e. The fourth-order valence-electron chi connectivity index (χ4n) is 1.65. The number of aromatic nitrogens is 1. The molecule has 1 amide bonds. The van der Waals surface area contributed by atoms with Crippen LogP contribution in [0.2, 0.25) is 5.02 Å². The molecule has 2 rings (SSSR count). The van der Waals surface area contributed by atoms with Gasteiger partial charge in [-0.3, -0.25) is 4.79 Å². The number of benzene rings is 1. The van der Waals surface area contributed by atoms with Crippen LogP contribution in [0.4, 0.5) is 0 Å². The molecule has 0 unspecified atom stereocenters. The Hall–Kier alpha value is -1.26. The van der Waals surface area contributed by atoms with Crippen LogP contribution in [0.25, 0.3) is 0 Å². The van der Waals surface area contributed by atoms with E-state index in [4.69, 9.17) is 11.6 Å². The number of hydrogen-bond acceptors (Lipinski definition) is 1. The maximum Gasteiger partial charge on any atom is 0.270 e. The van der Waals surface area contributed by atoms with Gasteiger partial charge >= 0.3 is 0 Å². The van der Waals surface area contributed by atoms with Crippen molar-refractivity contribution in [1.29, 1.82) is 0 Å². The Bertz CT molecular complexity index is 568. The minimum absolute atomic E-state index is 0.0855. The molecule has 1 aromatic carbocycles. The quantitative estimate of drug-likeness (QED) is 0.916. The van der Waals surface area contributed by atoms with Crippen LogP contribution in [-0.4, -0.2) is 22.8 Å². The summed E-state index contributed by atoms with van der Waals surface area (Å²) in [5.74, 6) is -0.0855. The molecule has 94 valence electrons. The van der Waals surface area contributed by atoms with Crippen LogP contribution in [0.1, 0.15) is 16.1 Å². The molecule has 0 fully saturated rings. The maximum absolute atomic E-state index is 12.1. The van der Waals surface area contributed by atoms with Crippen molar-refractivity contribution in [3.8, 4) is 0 Å². The Balaban J connectivity index is 2.11. The lowest BCUT2D eigenvalue weighted by molar-refractivity contribution is 0.0780. The molecule has 0 saturated carbocycles. The van der Waals surface area contributed by atoms with Gasteiger partial charge < -0.3 is 9.88 Å². The van der Waals surface area contributed by atoms with E-state index >= 15 is 0 Å². The number of rotatable bonds is 3. The lowest BCUT2D eigenvalue weighted by Gasteiger charge is -2.17. The van der Waals surface area contributed by atoms with Gasteiger partial charge in [-0.2, -0.15) is 0 Å². The van der Waals surface area contributed by atoms with Crippen LogP contribution in [0.3, 0.4) is 0 Å². The van der Waals surface area contributed by atoms with Gasteiger partial charge in [-0.1, -0.05) is 45.7 Å². The lowest BCUT2D eigenvalue weighted by Crippen LogP contribution is -2.26. The molecule has 0 aliphatic rings. The highest BCUT2D eigenvalue weighted by Gasteiger charge is 2.14. The molecule has 1 heterocycles. The van der Waals surface area contributed by atoms with Crippen LogP contribution in [0, 0.1) is 0 Å². The first-order chi connectivity index (χ1) is 8.58. The highest BCUT2D eigenvalue weighted by atomic mass is 79.9. The summed E-state index contributed by atoms with van der Waals surface area (Å²) < 4.78 is 0.995. The normalized spacial score (nSPS) is 10.4. The molecule has 0 spiro atoms. The number of H-pyrrole nitrogens is 1. The Morgan fingerprint density at radius 3 is 2.78 bits per heavy atom. The van der Waals surface area contributed by atoms with E-state index < -0.39 is 0 Å². The van der Waals surface area contributed by atoms with Gasteiger partial charge in [-0.25, -0.2) is 0 Å². The van der Waals surface area contributed by atoms with Crippen molar-refractivity contribution in [2.45, 2.75) is 6.54 Å². The molecule has 0 radical (unpaired) electrons. The SMILES string of the molecule is CN(Cc1ccccc1Br)C(=O)c1cc(Cl)c[nH]1. The molecule has 0 atom stereocenters. The van der Waals surface area contributed by atoms with Gasteiger partial charge in [-0.15, -0.1) is 0 Å². The zero-order valence-corrected chi connectivity index (χ0v) is 12.1. The minimum Gasteiger partial charge on any atom is -0.356 e. The number of carbonyl (C=O) groups is 1. The summed E-state index contributed by atoms with van der Waals surface area (Å²) in [6.45, 7) is 0.539. The number of hydrogen-bond donors (Lipinski definition) is 1. The van der Waals surface area contributed by atoms with E-state index in [0.29, 0.717) is 17.3 Å². The summed E-state index contributed by atoms with van der Waals surface area (Å²) in [6, 6.07) is 9.46. The van der Waals surface area contributed by atoms with Gasteiger partial charge in [0.25, 0.3) is 5.91 Å². The topological polar surface area (TPSA) is 36.1 Å². The van der Waals surface area contributed by atoms with Gasteiger partial charge in [-0.05, 0) is 17.7 Å². The molecule has 2 aromatic rings. The van der Waals surface area contributed by atoms with E-state index in [1.54, 1.807) is 24.2 Å². The first-order valence-corrected chi connectivity index (χ1v) is 6.58. The molecule has 0 aliphatic heterocycles. The number of amides is 1. The van der Waals surface area contributed by atoms with Crippen molar-refractivity contribution < 1.29 is 4.79 Å². The van der Waals surface area contributed by atoms with E-state index in [1.165, 1.54) is 0 Å². The van der Waals surface area contributed by atoms with E-state index in [0.717, 1.165) is 10.0 Å². The maximum atomic E-state index is 12.1. The third kappa shape index (κ3) is 2.94. The molecule has 0 saturated heterocycles. The molecular formula is C13H12BrClN2O. The number of aromatic amines is 1. The summed E-state index contributed by atoms with van der Waals surface area (Å²) in [5.41, 5.74) is 1.56. The monoisotopic (exact) mass is 326 g/mol. The third-order valence-corrected chi connectivity index (χ3v) is 3.58. The van der Waals surface area contributed by atoms with Crippen molar-refractivity contribution in [3.63, 3.8) is 0 Å². The third-order valence-electron chi connectivity index (χ3n) is 2.59. The zero-order valence-electron chi connectivity index (χ0n) is 9.78. The Morgan fingerprint density at radius 2 is 2.17 bits per heavy atom. The van der Waals surface area contributed by atoms with E-state index in [1.807, 2.05) is 24.3 Å².